The van der Waals surface area contributed by atoms with Gasteiger partial charge in [0.1, 0.15) is 11.9 Å². The molecule has 7 heteroatoms. The standard InChI is InChI=1S/C28H25FN6/c1-34-25-7-6-19(13-21(25)16-33-34)28-27(18-4-5-20(15-30)24(29)14-18)23-9-12-35(26(23)17-32-28)11-8-22-3-2-10-31-22/h4-7,9,12-14,16-17,22,31H,2-3,8,10-11H2,1H3/t22-/m0/s1. The van der Waals surface area contributed by atoms with Crippen molar-refractivity contribution in [1.29, 1.82) is 5.26 Å². The number of aromatic nitrogens is 4. The Bertz CT molecular complexity index is 1600. The first kappa shape index (κ1) is 21.5. The van der Waals surface area contributed by atoms with Gasteiger partial charge in [0.05, 0.1) is 34.7 Å². The molecule has 0 aliphatic carbocycles. The molecule has 6 rings (SSSR count). The van der Waals surface area contributed by atoms with Crippen LogP contribution in [-0.2, 0) is 13.6 Å². The van der Waals surface area contributed by atoms with Crippen molar-refractivity contribution in [3.63, 3.8) is 0 Å². The summed E-state index contributed by atoms with van der Waals surface area (Å²) in [7, 11) is 1.92. The fourth-order valence-electron chi connectivity index (χ4n) is 5.23. The number of nitrogens with one attached hydrogen (secondary N) is 1. The lowest BCUT2D eigenvalue weighted by Crippen LogP contribution is -2.22. The molecule has 0 unspecified atom stereocenters. The highest BCUT2D eigenvalue weighted by atomic mass is 19.1. The molecule has 3 aromatic heterocycles. The number of nitriles is 1. The first-order chi connectivity index (χ1) is 17.1. The molecule has 1 N–H and O–H groups in total. The maximum atomic E-state index is 14.7. The summed E-state index contributed by atoms with van der Waals surface area (Å²) in [6.45, 7) is 1.99. The zero-order valence-electron chi connectivity index (χ0n) is 19.5. The number of benzene rings is 2. The lowest BCUT2D eigenvalue weighted by atomic mass is 9.95. The lowest BCUT2D eigenvalue weighted by Gasteiger charge is -2.14. The normalized spacial score (nSPS) is 15.7. The SMILES string of the molecule is Cn1ncc2cc(-c3ncc4c(ccn4CC[C@@H]4CCCN4)c3-c3ccc(C#N)c(F)c3)ccc21. The highest BCUT2D eigenvalue weighted by Crippen LogP contribution is 2.38. The quantitative estimate of drug-likeness (QED) is 0.378. The number of rotatable bonds is 5. The summed E-state index contributed by atoms with van der Waals surface area (Å²) in [5.74, 6) is -0.526. The Hall–Kier alpha value is -4.02. The molecule has 1 aliphatic heterocycles. The molecule has 5 aromatic rings. The van der Waals surface area contributed by atoms with Crippen LogP contribution in [-0.4, -0.2) is 31.9 Å². The minimum atomic E-state index is -0.526. The Balaban J connectivity index is 1.51. The van der Waals surface area contributed by atoms with Crippen LogP contribution in [0.3, 0.4) is 0 Å². The Labute approximate surface area is 202 Å². The highest BCUT2D eigenvalue weighted by molar-refractivity contribution is 6.02. The summed E-state index contributed by atoms with van der Waals surface area (Å²) in [6.07, 6.45) is 9.37. The van der Waals surface area contributed by atoms with Crippen LogP contribution in [0, 0.1) is 17.1 Å². The van der Waals surface area contributed by atoms with Gasteiger partial charge in [-0.3, -0.25) is 9.67 Å². The minimum absolute atomic E-state index is 0.0360. The second-order valence-electron chi connectivity index (χ2n) is 9.22. The van der Waals surface area contributed by atoms with Gasteiger partial charge in [-0.25, -0.2) is 4.39 Å². The summed E-state index contributed by atoms with van der Waals surface area (Å²) >= 11 is 0. The summed E-state index contributed by atoms with van der Waals surface area (Å²) in [4.78, 5) is 4.90. The molecule has 1 atom stereocenters. The van der Waals surface area contributed by atoms with Crippen molar-refractivity contribution in [3.05, 3.63) is 72.4 Å². The molecule has 0 spiro atoms. The summed E-state index contributed by atoms with van der Waals surface area (Å²) < 4.78 is 18.8. The molecule has 0 amide bonds. The van der Waals surface area contributed by atoms with Crippen molar-refractivity contribution in [2.24, 2.45) is 7.05 Å². The van der Waals surface area contributed by atoms with Crippen LogP contribution in [0.15, 0.2) is 61.1 Å². The van der Waals surface area contributed by atoms with Gasteiger partial charge in [-0.1, -0.05) is 12.1 Å². The van der Waals surface area contributed by atoms with Crippen molar-refractivity contribution in [1.82, 2.24) is 24.6 Å². The van der Waals surface area contributed by atoms with Crippen LogP contribution in [0.5, 0.6) is 0 Å². The first-order valence-electron chi connectivity index (χ1n) is 12.0. The molecule has 0 saturated carbocycles. The van der Waals surface area contributed by atoms with E-state index in [1.54, 1.807) is 6.07 Å². The molecule has 1 saturated heterocycles. The van der Waals surface area contributed by atoms with Gasteiger partial charge in [0, 0.05) is 47.7 Å². The minimum Gasteiger partial charge on any atom is -0.346 e. The van der Waals surface area contributed by atoms with E-state index in [1.807, 2.05) is 48.4 Å². The van der Waals surface area contributed by atoms with Gasteiger partial charge >= 0.3 is 0 Å². The number of pyridine rings is 1. The molecule has 174 valence electrons. The average Bonchev–Trinajstić information content (AvgIpc) is 3.62. The van der Waals surface area contributed by atoms with E-state index in [0.29, 0.717) is 11.6 Å². The van der Waals surface area contributed by atoms with E-state index in [0.717, 1.165) is 58.1 Å². The molecule has 35 heavy (non-hydrogen) atoms. The largest absolute Gasteiger partial charge is 0.346 e. The van der Waals surface area contributed by atoms with E-state index in [-0.39, 0.29) is 5.56 Å². The van der Waals surface area contributed by atoms with Crippen LogP contribution in [0.4, 0.5) is 4.39 Å². The Morgan fingerprint density at radius 2 is 2.00 bits per heavy atom. The van der Waals surface area contributed by atoms with E-state index in [4.69, 9.17) is 4.98 Å². The third-order valence-electron chi connectivity index (χ3n) is 7.11. The molecule has 4 heterocycles. The van der Waals surface area contributed by atoms with Gasteiger partial charge in [0.25, 0.3) is 0 Å². The fraction of sp³-hybridized carbons (Fsp3) is 0.250. The third kappa shape index (κ3) is 3.76. The predicted molar refractivity (Wildman–Crippen MR) is 135 cm³/mol. The van der Waals surface area contributed by atoms with Crippen LogP contribution in [0.2, 0.25) is 0 Å². The fourth-order valence-corrected chi connectivity index (χ4v) is 5.23. The number of hydrogen-bond donors (Lipinski definition) is 1. The van der Waals surface area contributed by atoms with Crippen LogP contribution >= 0.6 is 0 Å². The smallest absolute Gasteiger partial charge is 0.141 e. The maximum Gasteiger partial charge on any atom is 0.141 e. The van der Waals surface area contributed by atoms with Crippen LogP contribution in [0.25, 0.3) is 44.2 Å². The molecule has 6 nitrogen and oxygen atoms in total. The van der Waals surface area contributed by atoms with Gasteiger partial charge in [-0.15, -0.1) is 0 Å². The van der Waals surface area contributed by atoms with E-state index < -0.39 is 5.82 Å². The van der Waals surface area contributed by atoms with Crippen molar-refractivity contribution < 1.29 is 4.39 Å². The summed E-state index contributed by atoms with van der Waals surface area (Å²) in [6, 6.07) is 15.5. The number of halogens is 1. The Morgan fingerprint density at radius 3 is 2.80 bits per heavy atom. The zero-order chi connectivity index (χ0) is 23.9. The third-order valence-corrected chi connectivity index (χ3v) is 7.11. The first-order valence-corrected chi connectivity index (χ1v) is 12.0. The van der Waals surface area contributed by atoms with E-state index in [1.165, 1.54) is 18.9 Å². The Morgan fingerprint density at radius 1 is 1.11 bits per heavy atom. The number of nitrogens with zero attached hydrogens (tertiary/aromatic N) is 5. The maximum absolute atomic E-state index is 14.7. The number of hydrogen-bond acceptors (Lipinski definition) is 4. The predicted octanol–water partition coefficient (Wildman–Crippen LogP) is 5.41. The second kappa shape index (κ2) is 8.64. The van der Waals surface area contributed by atoms with Crippen molar-refractivity contribution in [3.8, 4) is 28.5 Å². The van der Waals surface area contributed by atoms with Crippen LogP contribution in [0.1, 0.15) is 24.8 Å². The number of fused-ring (bicyclic) bond motifs is 2. The van der Waals surface area contributed by atoms with Crippen molar-refractivity contribution in [2.75, 3.05) is 6.54 Å². The summed E-state index contributed by atoms with van der Waals surface area (Å²) in [5.41, 5.74) is 5.39. The van der Waals surface area contributed by atoms with E-state index in [2.05, 4.69) is 33.3 Å². The number of aryl methyl sites for hydroxylation is 2. The van der Waals surface area contributed by atoms with Crippen molar-refractivity contribution >= 4 is 21.8 Å². The van der Waals surface area contributed by atoms with E-state index >= 15 is 0 Å². The average molecular weight is 465 g/mol. The topological polar surface area (TPSA) is 71.5 Å². The lowest BCUT2D eigenvalue weighted by molar-refractivity contribution is 0.511. The zero-order valence-corrected chi connectivity index (χ0v) is 19.5. The van der Waals surface area contributed by atoms with E-state index in [9.17, 15) is 9.65 Å². The van der Waals surface area contributed by atoms with Crippen molar-refractivity contribution in [2.45, 2.75) is 31.8 Å². The molecular weight excluding hydrogens is 439 g/mol. The van der Waals surface area contributed by atoms with Gasteiger partial charge in [-0.05, 0) is 61.7 Å². The molecule has 0 radical (unpaired) electrons. The Kier molecular flexibility index (Phi) is 5.31. The van der Waals surface area contributed by atoms with Gasteiger partial charge in [0.15, 0.2) is 0 Å². The molecule has 1 fully saturated rings. The highest BCUT2D eigenvalue weighted by Gasteiger charge is 2.19. The molecule has 2 aromatic carbocycles. The second-order valence-corrected chi connectivity index (χ2v) is 9.22. The molecular formula is C28H25FN6. The monoisotopic (exact) mass is 464 g/mol. The molecule has 1 aliphatic rings. The van der Waals surface area contributed by atoms with Gasteiger partial charge in [0.2, 0.25) is 0 Å². The summed E-state index contributed by atoms with van der Waals surface area (Å²) in [5, 5.41) is 19.2. The van der Waals surface area contributed by atoms with Gasteiger partial charge < -0.3 is 9.88 Å². The van der Waals surface area contributed by atoms with Gasteiger partial charge in [-0.2, -0.15) is 10.4 Å². The van der Waals surface area contributed by atoms with Crippen LogP contribution < -0.4 is 5.32 Å². The molecule has 0 bridgehead atoms.